The number of hydrogen-bond acceptors (Lipinski definition) is 3. The van der Waals surface area contributed by atoms with Crippen LogP contribution in [0, 0.1) is 23.2 Å². The molecule has 0 radical (unpaired) electrons. The van der Waals surface area contributed by atoms with Gasteiger partial charge in [-0.15, -0.1) is 0 Å². The maximum absolute atomic E-state index is 9.58. The van der Waals surface area contributed by atoms with Crippen LogP contribution in [0.2, 0.25) is 0 Å². The van der Waals surface area contributed by atoms with Gasteiger partial charge in [-0.25, -0.2) is 0 Å². The molecule has 0 amide bonds. The molecule has 3 atom stereocenters. The van der Waals surface area contributed by atoms with Gasteiger partial charge in [0.05, 0.1) is 6.07 Å². The minimum absolute atomic E-state index is 0.0784. The Morgan fingerprint density at radius 3 is 2.60 bits per heavy atom. The van der Waals surface area contributed by atoms with E-state index >= 15 is 0 Å². The van der Waals surface area contributed by atoms with E-state index in [-0.39, 0.29) is 5.54 Å². The van der Waals surface area contributed by atoms with Gasteiger partial charge in [-0.05, 0) is 37.5 Å². The monoisotopic (exact) mass is 205 g/mol. The summed E-state index contributed by atoms with van der Waals surface area (Å²) in [6.07, 6.45) is 5.13. The topological polar surface area (TPSA) is 39.1 Å². The van der Waals surface area contributed by atoms with Gasteiger partial charge in [0, 0.05) is 26.2 Å². The Morgan fingerprint density at radius 1 is 1.27 bits per heavy atom. The lowest BCUT2D eigenvalue weighted by molar-refractivity contribution is 0.0704. The van der Waals surface area contributed by atoms with Crippen LogP contribution >= 0.6 is 0 Å². The van der Waals surface area contributed by atoms with E-state index in [1.165, 1.54) is 19.3 Å². The maximum Gasteiger partial charge on any atom is 0.112 e. The molecule has 3 unspecified atom stereocenters. The molecule has 82 valence electrons. The van der Waals surface area contributed by atoms with E-state index in [0.29, 0.717) is 5.92 Å². The molecule has 3 heteroatoms. The zero-order valence-corrected chi connectivity index (χ0v) is 9.21. The Hall–Kier alpha value is -0.590. The summed E-state index contributed by atoms with van der Waals surface area (Å²) in [6, 6.07) is 2.68. The summed E-state index contributed by atoms with van der Waals surface area (Å²) in [5, 5.41) is 13.0. The second-order valence-corrected chi connectivity index (χ2v) is 5.35. The number of hydrogen-bond donors (Lipinski definition) is 1. The van der Waals surface area contributed by atoms with Crippen molar-refractivity contribution in [2.75, 3.05) is 26.2 Å². The highest BCUT2D eigenvalue weighted by molar-refractivity contribution is 5.19. The van der Waals surface area contributed by atoms with Crippen molar-refractivity contribution in [2.45, 2.75) is 31.2 Å². The lowest BCUT2D eigenvalue weighted by atomic mass is 9.80. The summed E-state index contributed by atoms with van der Waals surface area (Å²) in [4.78, 5) is 2.47. The van der Waals surface area contributed by atoms with Gasteiger partial charge in [0.1, 0.15) is 5.54 Å². The van der Waals surface area contributed by atoms with E-state index in [9.17, 15) is 5.26 Å². The van der Waals surface area contributed by atoms with Crippen LogP contribution in [-0.4, -0.2) is 36.6 Å². The number of nitrogens with one attached hydrogen (secondary N) is 1. The summed E-state index contributed by atoms with van der Waals surface area (Å²) in [5.41, 5.74) is -0.0784. The molecule has 1 saturated heterocycles. The summed E-state index contributed by atoms with van der Waals surface area (Å²) in [5.74, 6) is 1.52. The SMILES string of the molecule is N#CC1(N2CCNCC2)CC2CCC1C2. The van der Waals surface area contributed by atoms with Crippen LogP contribution in [-0.2, 0) is 0 Å². The third-order valence-corrected chi connectivity index (χ3v) is 4.69. The summed E-state index contributed by atoms with van der Waals surface area (Å²) >= 11 is 0. The van der Waals surface area contributed by atoms with Crippen molar-refractivity contribution >= 4 is 0 Å². The van der Waals surface area contributed by atoms with Crippen molar-refractivity contribution in [3.8, 4) is 6.07 Å². The van der Waals surface area contributed by atoms with E-state index in [0.717, 1.165) is 38.5 Å². The predicted octanol–water partition coefficient (Wildman–Crippen LogP) is 0.974. The second kappa shape index (κ2) is 3.47. The first-order valence-corrected chi connectivity index (χ1v) is 6.22. The van der Waals surface area contributed by atoms with Crippen molar-refractivity contribution in [1.29, 1.82) is 5.26 Å². The second-order valence-electron chi connectivity index (χ2n) is 5.35. The maximum atomic E-state index is 9.58. The standard InChI is InChI=1S/C12H19N3/c13-9-12(15-5-3-14-4-6-15)8-10-1-2-11(12)7-10/h10-11,14H,1-8H2. The Labute approximate surface area is 91.4 Å². The zero-order chi connectivity index (χ0) is 10.3. The molecule has 3 fully saturated rings. The first-order valence-electron chi connectivity index (χ1n) is 6.22. The van der Waals surface area contributed by atoms with Crippen LogP contribution in [0.4, 0.5) is 0 Å². The lowest BCUT2D eigenvalue weighted by Crippen LogP contribution is -2.57. The first kappa shape index (κ1) is 9.62. The first-order chi connectivity index (χ1) is 7.35. The number of fused-ring (bicyclic) bond motifs is 2. The molecule has 1 N–H and O–H groups in total. The average molecular weight is 205 g/mol. The van der Waals surface area contributed by atoms with Gasteiger partial charge >= 0.3 is 0 Å². The number of nitrogens with zero attached hydrogens (tertiary/aromatic N) is 2. The molecule has 3 rings (SSSR count). The van der Waals surface area contributed by atoms with Crippen LogP contribution in [0.1, 0.15) is 25.7 Å². The van der Waals surface area contributed by atoms with Crippen molar-refractivity contribution < 1.29 is 0 Å². The number of rotatable bonds is 1. The van der Waals surface area contributed by atoms with E-state index in [2.05, 4.69) is 16.3 Å². The number of nitriles is 1. The molecule has 3 aliphatic rings. The van der Waals surface area contributed by atoms with Gasteiger partial charge in [-0.2, -0.15) is 5.26 Å². The van der Waals surface area contributed by atoms with E-state index in [1.807, 2.05) is 0 Å². The summed E-state index contributed by atoms with van der Waals surface area (Å²) < 4.78 is 0. The normalized spacial score (nSPS) is 45.5. The minimum atomic E-state index is -0.0784. The smallest absolute Gasteiger partial charge is 0.112 e. The van der Waals surface area contributed by atoms with E-state index in [1.54, 1.807) is 0 Å². The third kappa shape index (κ3) is 1.32. The molecule has 0 aromatic carbocycles. The molecule has 1 heterocycles. The van der Waals surface area contributed by atoms with Gasteiger partial charge in [0.25, 0.3) is 0 Å². The Bertz CT molecular complexity index is 290. The van der Waals surface area contributed by atoms with Crippen LogP contribution in [0.15, 0.2) is 0 Å². The lowest BCUT2D eigenvalue weighted by Gasteiger charge is -2.43. The fourth-order valence-corrected chi connectivity index (χ4v) is 3.96. The Kier molecular flexibility index (Phi) is 2.22. The summed E-state index contributed by atoms with van der Waals surface area (Å²) in [7, 11) is 0. The molecule has 2 aliphatic carbocycles. The quantitative estimate of drug-likeness (QED) is 0.693. The molecule has 2 saturated carbocycles. The van der Waals surface area contributed by atoms with Crippen LogP contribution in [0.25, 0.3) is 0 Å². The predicted molar refractivity (Wildman–Crippen MR) is 58.2 cm³/mol. The molecule has 1 aliphatic heterocycles. The molecule has 3 nitrogen and oxygen atoms in total. The highest BCUT2D eigenvalue weighted by Gasteiger charge is 2.54. The van der Waals surface area contributed by atoms with Gasteiger partial charge in [0.15, 0.2) is 0 Å². The fourth-order valence-electron chi connectivity index (χ4n) is 3.96. The Balaban J connectivity index is 1.83. The van der Waals surface area contributed by atoms with E-state index < -0.39 is 0 Å². The minimum Gasteiger partial charge on any atom is -0.314 e. The average Bonchev–Trinajstić information content (AvgIpc) is 2.90. The fraction of sp³-hybridized carbons (Fsp3) is 0.917. The van der Waals surface area contributed by atoms with Gasteiger partial charge in [-0.3, -0.25) is 4.90 Å². The zero-order valence-electron chi connectivity index (χ0n) is 9.21. The summed E-state index contributed by atoms with van der Waals surface area (Å²) in [6.45, 7) is 4.25. The van der Waals surface area contributed by atoms with Crippen LogP contribution in [0.3, 0.4) is 0 Å². The molecule has 0 aromatic rings. The third-order valence-electron chi connectivity index (χ3n) is 4.69. The van der Waals surface area contributed by atoms with Crippen molar-refractivity contribution in [1.82, 2.24) is 10.2 Å². The molecule has 2 bridgehead atoms. The molecule has 0 aromatic heterocycles. The van der Waals surface area contributed by atoms with E-state index in [4.69, 9.17) is 0 Å². The van der Waals surface area contributed by atoms with Crippen LogP contribution < -0.4 is 5.32 Å². The number of piperazine rings is 1. The largest absolute Gasteiger partial charge is 0.314 e. The molecule has 15 heavy (non-hydrogen) atoms. The molecular weight excluding hydrogens is 186 g/mol. The van der Waals surface area contributed by atoms with Gasteiger partial charge in [0.2, 0.25) is 0 Å². The molecular formula is C12H19N3. The van der Waals surface area contributed by atoms with Crippen molar-refractivity contribution in [3.05, 3.63) is 0 Å². The molecule has 0 spiro atoms. The van der Waals surface area contributed by atoms with Crippen molar-refractivity contribution in [3.63, 3.8) is 0 Å². The van der Waals surface area contributed by atoms with Gasteiger partial charge in [-0.1, -0.05) is 0 Å². The highest BCUT2D eigenvalue weighted by Crippen LogP contribution is 2.53. The van der Waals surface area contributed by atoms with Gasteiger partial charge < -0.3 is 5.32 Å². The highest BCUT2D eigenvalue weighted by atomic mass is 15.3. The van der Waals surface area contributed by atoms with Crippen LogP contribution in [0.5, 0.6) is 0 Å². The Morgan fingerprint density at radius 2 is 2.07 bits per heavy atom. The van der Waals surface area contributed by atoms with Crippen molar-refractivity contribution in [2.24, 2.45) is 11.8 Å².